The van der Waals surface area contributed by atoms with Gasteiger partial charge in [0.25, 0.3) is 0 Å². The summed E-state index contributed by atoms with van der Waals surface area (Å²) in [5.41, 5.74) is 0.536. The van der Waals surface area contributed by atoms with Crippen LogP contribution in [0.5, 0.6) is 0 Å². The van der Waals surface area contributed by atoms with Crippen molar-refractivity contribution in [2.45, 2.75) is 38.5 Å². The quantitative estimate of drug-likeness (QED) is 0.796. The highest BCUT2D eigenvalue weighted by Gasteiger charge is 2.51. The fraction of sp³-hybridized carbons (Fsp3) is 0.944. The fourth-order valence-corrected chi connectivity index (χ4v) is 6.26. The number of morpholine rings is 1. The molecular weight excluding hydrogens is 276 g/mol. The molecule has 4 bridgehead atoms. The lowest BCUT2D eigenvalue weighted by Gasteiger charge is -2.57. The van der Waals surface area contributed by atoms with Crippen molar-refractivity contribution in [2.24, 2.45) is 23.2 Å². The van der Waals surface area contributed by atoms with Gasteiger partial charge < -0.3 is 9.64 Å². The molecule has 0 aromatic rings. The van der Waals surface area contributed by atoms with E-state index in [0.717, 1.165) is 37.4 Å². The molecule has 4 saturated carbocycles. The zero-order chi connectivity index (χ0) is 15.2. The second kappa shape index (κ2) is 5.79. The molecule has 1 amide bonds. The molecule has 0 unspecified atom stereocenters. The van der Waals surface area contributed by atoms with Gasteiger partial charge in [0.2, 0.25) is 5.91 Å². The summed E-state index contributed by atoms with van der Waals surface area (Å²) < 4.78 is 5.34. The van der Waals surface area contributed by atoms with E-state index in [1.165, 1.54) is 38.5 Å². The molecule has 4 heteroatoms. The largest absolute Gasteiger partial charge is 0.378 e. The summed E-state index contributed by atoms with van der Waals surface area (Å²) >= 11 is 0. The maximum Gasteiger partial charge on any atom is 0.236 e. The standard InChI is InChI=1S/C18H30N2O2/c1-19(12-17(21)20-2-4-22-5-3-20)13-18-9-14-6-15(10-18)8-16(7-14)11-18/h14-16H,2-13H2,1H3. The Balaban J connectivity index is 1.33. The maximum absolute atomic E-state index is 12.4. The second-order valence-corrected chi connectivity index (χ2v) is 8.58. The first-order chi connectivity index (χ1) is 10.6. The number of carbonyl (C=O) groups excluding carboxylic acids is 1. The number of carbonyl (C=O) groups is 1. The molecule has 22 heavy (non-hydrogen) atoms. The van der Waals surface area contributed by atoms with Gasteiger partial charge in [-0.1, -0.05) is 0 Å². The average molecular weight is 306 g/mol. The summed E-state index contributed by atoms with van der Waals surface area (Å²) in [5.74, 6) is 3.27. The van der Waals surface area contributed by atoms with E-state index < -0.39 is 0 Å². The van der Waals surface area contributed by atoms with Crippen LogP contribution in [0.1, 0.15) is 38.5 Å². The number of hydrogen-bond acceptors (Lipinski definition) is 3. The summed E-state index contributed by atoms with van der Waals surface area (Å²) in [6.45, 7) is 4.65. The molecule has 0 N–H and O–H groups in total. The normalized spacial score (nSPS) is 40.5. The number of likely N-dealkylation sites (N-methyl/N-ethyl adjacent to an activating group) is 1. The van der Waals surface area contributed by atoms with E-state index in [9.17, 15) is 4.79 Å². The van der Waals surface area contributed by atoms with Crippen molar-refractivity contribution in [3.63, 3.8) is 0 Å². The molecule has 4 aliphatic carbocycles. The van der Waals surface area contributed by atoms with Gasteiger partial charge in [-0.15, -0.1) is 0 Å². The Kier molecular flexibility index (Phi) is 3.93. The predicted octanol–water partition coefficient (Wildman–Crippen LogP) is 1.99. The molecule has 5 aliphatic rings. The molecule has 0 spiro atoms. The summed E-state index contributed by atoms with van der Waals surface area (Å²) in [7, 11) is 2.15. The minimum absolute atomic E-state index is 0.288. The zero-order valence-electron chi connectivity index (χ0n) is 13.9. The van der Waals surface area contributed by atoms with Crippen molar-refractivity contribution in [2.75, 3.05) is 46.4 Å². The third-order valence-electron chi connectivity index (χ3n) is 6.54. The predicted molar refractivity (Wildman–Crippen MR) is 85.5 cm³/mol. The maximum atomic E-state index is 12.4. The molecule has 0 radical (unpaired) electrons. The van der Waals surface area contributed by atoms with Crippen molar-refractivity contribution in [1.29, 1.82) is 0 Å². The summed E-state index contributed by atoms with van der Waals surface area (Å²) in [6, 6.07) is 0. The molecule has 1 heterocycles. The van der Waals surface area contributed by atoms with Gasteiger partial charge in [-0.25, -0.2) is 0 Å². The summed E-state index contributed by atoms with van der Waals surface area (Å²) in [5, 5.41) is 0. The van der Waals surface area contributed by atoms with Gasteiger partial charge in [-0.05, 0) is 68.7 Å². The van der Waals surface area contributed by atoms with E-state index in [4.69, 9.17) is 4.74 Å². The minimum atomic E-state index is 0.288. The van der Waals surface area contributed by atoms with E-state index in [-0.39, 0.29) is 5.91 Å². The van der Waals surface area contributed by atoms with Gasteiger partial charge in [0, 0.05) is 19.6 Å². The Bertz CT molecular complexity index is 396. The van der Waals surface area contributed by atoms with Crippen LogP contribution in [0.25, 0.3) is 0 Å². The van der Waals surface area contributed by atoms with Gasteiger partial charge in [-0.2, -0.15) is 0 Å². The van der Waals surface area contributed by atoms with Gasteiger partial charge in [0.15, 0.2) is 0 Å². The molecule has 0 atom stereocenters. The third kappa shape index (κ3) is 2.92. The smallest absolute Gasteiger partial charge is 0.236 e. The first kappa shape index (κ1) is 14.9. The van der Waals surface area contributed by atoms with E-state index in [1.54, 1.807) is 0 Å². The molecule has 124 valence electrons. The highest BCUT2D eigenvalue weighted by Crippen LogP contribution is 2.60. The van der Waals surface area contributed by atoms with E-state index in [0.29, 0.717) is 25.2 Å². The molecule has 5 fully saturated rings. The Morgan fingerprint density at radius 2 is 1.64 bits per heavy atom. The molecular formula is C18H30N2O2. The topological polar surface area (TPSA) is 32.8 Å². The minimum Gasteiger partial charge on any atom is -0.378 e. The zero-order valence-corrected chi connectivity index (χ0v) is 13.9. The highest BCUT2D eigenvalue weighted by atomic mass is 16.5. The van der Waals surface area contributed by atoms with Crippen molar-refractivity contribution in [3.8, 4) is 0 Å². The summed E-state index contributed by atoms with van der Waals surface area (Å²) in [6.07, 6.45) is 8.76. The van der Waals surface area contributed by atoms with Crippen molar-refractivity contribution >= 4 is 5.91 Å². The van der Waals surface area contributed by atoms with Crippen LogP contribution < -0.4 is 0 Å². The lowest BCUT2D eigenvalue weighted by Crippen LogP contribution is -2.52. The highest BCUT2D eigenvalue weighted by molar-refractivity contribution is 5.78. The molecule has 1 saturated heterocycles. The van der Waals surface area contributed by atoms with Crippen molar-refractivity contribution in [1.82, 2.24) is 9.80 Å². The third-order valence-corrected chi connectivity index (χ3v) is 6.54. The molecule has 0 aromatic carbocycles. The van der Waals surface area contributed by atoms with Gasteiger partial charge in [0.1, 0.15) is 0 Å². The first-order valence-electron chi connectivity index (χ1n) is 9.16. The average Bonchev–Trinajstić information content (AvgIpc) is 2.45. The number of amides is 1. The first-order valence-corrected chi connectivity index (χ1v) is 9.16. The van der Waals surface area contributed by atoms with Crippen LogP contribution in [0.15, 0.2) is 0 Å². The van der Waals surface area contributed by atoms with Crippen LogP contribution in [0, 0.1) is 23.2 Å². The van der Waals surface area contributed by atoms with E-state index in [1.807, 2.05) is 4.90 Å². The van der Waals surface area contributed by atoms with E-state index in [2.05, 4.69) is 11.9 Å². The van der Waals surface area contributed by atoms with Gasteiger partial charge >= 0.3 is 0 Å². The van der Waals surface area contributed by atoms with Crippen LogP contribution in [-0.2, 0) is 9.53 Å². The van der Waals surface area contributed by atoms with Crippen molar-refractivity contribution < 1.29 is 9.53 Å². The van der Waals surface area contributed by atoms with Crippen LogP contribution in [0.4, 0.5) is 0 Å². The van der Waals surface area contributed by atoms with Crippen LogP contribution in [0.2, 0.25) is 0 Å². The van der Waals surface area contributed by atoms with Crippen molar-refractivity contribution in [3.05, 3.63) is 0 Å². The number of ether oxygens (including phenoxy) is 1. The Labute approximate surface area is 134 Å². The molecule has 0 aromatic heterocycles. The van der Waals surface area contributed by atoms with Crippen LogP contribution in [-0.4, -0.2) is 62.1 Å². The Morgan fingerprint density at radius 1 is 1.09 bits per heavy atom. The lowest BCUT2D eigenvalue weighted by atomic mass is 9.49. The second-order valence-electron chi connectivity index (χ2n) is 8.58. The lowest BCUT2D eigenvalue weighted by molar-refractivity contribution is -0.137. The number of rotatable bonds is 4. The molecule has 4 nitrogen and oxygen atoms in total. The van der Waals surface area contributed by atoms with E-state index >= 15 is 0 Å². The Hall–Kier alpha value is -0.610. The monoisotopic (exact) mass is 306 g/mol. The SMILES string of the molecule is CN(CC(=O)N1CCOCC1)CC12CC3CC(CC(C3)C1)C2. The van der Waals surface area contributed by atoms with Gasteiger partial charge in [-0.3, -0.25) is 9.69 Å². The number of hydrogen-bond donors (Lipinski definition) is 0. The molecule has 5 rings (SSSR count). The Morgan fingerprint density at radius 3 is 2.18 bits per heavy atom. The molecule has 1 aliphatic heterocycles. The van der Waals surface area contributed by atoms with Gasteiger partial charge in [0.05, 0.1) is 19.8 Å². The summed E-state index contributed by atoms with van der Waals surface area (Å²) in [4.78, 5) is 16.7. The number of nitrogens with zero attached hydrogens (tertiary/aromatic N) is 2. The fourth-order valence-electron chi connectivity index (χ4n) is 6.26. The van der Waals surface area contributed by atoms with Crippen LogP contribution >= 0.6 is 0 Å². The van der Waals surface area contributed by atoms with Crippen LogP contribution in [0.3, 0.4) is 0 Å².